The van der Waals surface area contributed by atoms with E-state index in [1.807, 2.05) is 48.1 Å². The van der Waals surface area contributed by atoms with E-state index in [1.54, 1.807) is 17.5 Å². The van der Waals surface area contributed by atoms with Crippen molar-refractivity contribution in [3.05, 3.63) is 58.5 Å². The molecule has 1 aliphatic carbocycles. The fourth-order valence-corrected chi connectivity index (χ4v) is 4.98. The predicted molar refractivity (Wildman–Crippen MR) is 126 cm³/mol. The van der Waals surface area contributed by atoms with Crippen LogP contribution in [-0.4, -0.2) is 33.9 Å². The topological polar surface area (TPSA) is 80.9 Å². The molecule has 0 saturated heterocycles. The first kappa shape index (κ1) is 20.6. The van der Waals surface area contributed by atoms with Gasteiger partial charge in [-0.3, -0.25) is 14.8 Å². The lowest BCUT2D eigenvalue weighted by Crippen LogP contribution is -2.25. The summed E-state index contributed by atoms with van der Waals surface area (Å²) in [6.07, 6.45) is 9.58. The summed E-state index contributed by atoms with van der Waals surface area (Å²) in [5, 5.41) is 9.92. The first-order valence-electron chi connectivity index (χ1n) is 10.9. The summed E-state index contributed by atoms with van der Waals surface area (Å²) in [5.41, 5.74) is 4.37. The van der Waals surface area contributed by atoms with Gasteiger partial charge in [0.25, 0.3) is 5.91 Å². The Labute approximate surface area is 190 Å². The van der Waals surface area contributed by atoms with Crippen LogP contribution in [0.1, 0.15) is 44.6 Å². The molecule has 1 aliphatic heterocycles. The molecule has 0 atom stereocenters. The molecular weight excluding hydrogens is 422 g/mol. The van der Waals surface area contributed by atoms with Gasteiger partial charge in [0.15, 0.2) is 6.61 Å². The highest BCUT2D eigenvalue weighted by Crippen LogP contribution is 2.33. The van der Waals surface area contributed by atoms with Crippen LogP contribution in [0.4, 0.5) is 5.69 Å². The molecule has 2 aliphatic rings. The van der Waals surface area contributed by atoms with Crippen LogP contribution in [0.15, 0.2) is 58.2 Å². The van der Waals surface area contributed by atoms with Gasteiger partial charge in [0.05, 0.1) is 23.1 Å². The SMILES string of the molecule is CC(=Nn1c(-c2ccc3c(c2)NC(=O)CO3)csc1=NC1CCCCC1)c1cccnc1. The molecule has 5 rings (SSSR count). The summed E-state index contributed by atoms with van der Waals surface area (Å²) in [4.78, 5) is 22.0. The Kier molecular flexibility index (Phi) is 5.85. The van der Waals surface area contributed by atoms with Gasteiger partial charge in [-0.2, -0.15) is 5.10 Å². The van der Waals surface area contributed by atoms with Gasteiger partial charge in [0.1, 0.15) is 5.75 Å². The number of thiazole rings is 1. The number of carbonyl (C=O) groups is 1. The van der Waals surface area contributed by atoms with Gasteiger partial charge >= 0.3 is 0 Å². The zero-order valence-electron chi connectivity index (χ0n) is 18.0. The van der Waals surface area contributed by atoms with Crippen LogP contribution in [0.5, 0.6) is 5.75 Å². The maximum atomic E-state index is 11.8. The van der Waals surface area contributed by atoms with Crippen LogP contribution >= 0.6 is 11.3 Å². The van der Waals surface area contributed by atoms with Crippen LogP contribution in [-0.2, 0) is 4.79 Å². The molecule has 0 bridgehead atoms. The van der Waals surface area contributed by atoms with Crippen molar-refractivity contribution in [1.82, 2.24) is 9.66 Å². The van der Waals surface area contributed by atoms with E-state index in [4.69, 9.17) is 14.8 Å². The largest absolute Gasteiger partial charge is 0.482 e. The number of rotatable bonds is 4. The summed E-state index contributed by atoms with van der Waals surface area (Å²) in [7, 11) is 0. The van der Waals surface area contributed by atoms with Crippen LogP contribution in [0.3, 0.4) is 0 Å². The van der Waals surface area contributed by atoms with Crippen LogP contribution in [0.2, 0.25) is 0 Å². The van der Waals surface area contributed by atoms with Crippen molar-refractivity contribution in [2.24, 2.45) is 10.1 Å². The zero-order valence-corrected chi connectivity index (χ0v) is 18.8. The Morgan fingerprint density at radius 3 is 2.94 bits per heavy atom. The minimum Gasteiger partial charge on any atom is -0.482 e. The quantitative estimate of drug-likeness (QED) is 0.600. The van der Waals surface area contributed by atoms with Crippen LogP contribution in [0, 0.1) is 0 Å². The highest BCUT2D eigenvalue weighted by Gasteiger charge is 2.19. The predicted octanol–water partition coefficient (Wildman–Crippen LogP) is 4.45. The first-order chi connectivity index (χ1) is 15.7. The van der Waals surface area contributed by atoms with Gasteiger partial charge in [-0.05, 0) is 44.0 Å². The number of pyridine rings is 1. The van der Waals surface area contributed by atoms with E-state index in [0.717, 1.165) is 40.2 Å². The number of hydrogen-bond donors (Lipinski definition) is 1. The van der Waals surface area contributed by atoms with Gasteiger partial charge in [-0.25, -0.2) is 4.68 Å². The lowest BCUT2D eigenvalue weighted by molar-refractivity contribution is -0.118. The van der Waals surface area contributed by atoms with Crippen molar-refractivity contribution in [3.63, 3.8) is 0 Å². The van der Waals surface area contributed by atoms with E-state index in [-0.39, 0.29) is 12.5 Å². The number of carbonyl (C=O) groups excluding carboxylic acids is 1. The normalized spacial score (nSPS) is 17.6. The molecule has 0 spiro atoms. The molecule has 1 aromatic carbocycles. The molecule has 3 aromatic rings. The second-order valence-electron chi connectivity index (χ2n) is 8.11. The fourth-order valence-electron chi connectivity index (χ4n) is 4.08. The Morgan fingerprint density at radius 2 is 2.12 bits per heavy atom. The molecule has 8 heteroatoms. The monoisotopic (exact) mass is 447 g/mol. The number of anilines is 1. The number of amides is 1. The summed E-state index contributed by atoms with van der Waals surface area (Å²) in [5.74, 6) is 0.531. The van der Waals surface area contributed by atoms with Crippen molar-refractivity contribution >= 4 is 28.6 Å². The van der Waals surface area contributed by atoms with E-state index in [1.165, 1.54) is 19.3 Å². The fraction of sp³-hybridized carbons (Fsp3) is 0.333. The standard InChI is InChI=1S/C24H25N5O2S/c1-16(18-6-5-11-25-13-18)28-29-21(15-32-24(29)26-19-7-3-2-4-8-19)17-9-10-22-20(12-17)27-23(30)14-31-22/h5-6,9-13,15,19H,2-4,7-8,14H2,1H3,(H,27,30). The molecule has 164 valence electrons. The Bertz CT molecular complexity index is 1220. The molecule has 7 nitrogen and oxygen atoms in total. The number of aromatic nitrogens is 2. The average Bonchev–Trinajstić information content (AvgIpc) is 3.21. The molecule has 0 unspecified atom stereocenters. The summed E-state index contributed by atoms with van der Waals surface area (Å²) < 4.78 is 7.44. The number of ether oxygens (including phenoxy) is 1. The molecule has 1 fully saturated rings. The van der Waals surface area contributed by atoms with E-state index in [9.17, 15) is 4.79 Å². The number of nitrogens with one attached hydrogen (secondary N) is 1. The molecular formula is C24H25N5O2S. The minimum atomic E-state index is -0.147. The minimum absolute atomic E-state index is 0.0454. The smallest absolute Gasteiger partial charge is 0.262 e. The first-order valence-corrected chi connectivity index (χ1v) is 11.8. The van der Waals surface area contributed by atoms with Gasteiger partial charge in [0, 0.05) is 28.9 Å². The number of fused-ring (bicyclic) bond motifs is 1. The maximum absolute atomic E-state index is 11.8. The third kappa shape index (κ3) is 4.36. The molecule has 3 heterocycles. The van der Waals surface area contributed by atoms with Gasteiger partial charge in [0.2, 0.25) is 4.80 Å². The molecule has 0 radical (unpaired) electrons. The molecule has 2 aromatic heterocycles. The van der Waals surface area contributed by atoms with E-state index >= 15 is 0 Å². The van der Waals surface area contributed by atoms with Crippen molar-refractivity contribution in [2.45, 2.75) is 45.1 Å². The zero-order chi connectivity index (χ0) is 21.9. The third-order valence-electron chi connectivity index (χ3n) is 5.79. The number of hydrogen-bond acceptors (Lipinski definition) is 6. The lowest BCUT2D eigenvalue weighted by Gasteiger charge is -2.18. The third-order valence-corrected chi connectivity index (χ3v) is 6.62. The van der Waals surface area contributed by atoms with Crippen molar-refractivity contribution in [2.75, 3.05) is 11.9 Å². The molecule has 1 amide bonds. The molecule has 32 heavy (non-hydrogen) atoms. The second-order valence-corrected chi connectivity index (χ2v) is 8.95. The average molecular weight is 448 g/mol. The van der Waals surface area contributed by atoms with E-state index in [2.05, 4.69) is 15.7 Å². The number of benzene rings is 1. The van der Waals surface area contributed by atoms with Crippen molar-refractivity contribution in [1.29, 1.82) is 0 Å². The van der Waals surface area contributed by atoms with Gasteiger partial charge in [-0.15, -0.1) is 11.3 Å². The molecule has 1 N–H and O–H groups in total. The van der Waals surface area contributed by atoms with Gasteiger partial charge in [-0.1, -0.05) is 25.3 Å². The van der Waals surface area contributed by atoms with E-state index in [0.29, 0.717) is 17.5 Å². The highest BCUT2D eigenvalue weighted by atomic mass is 32.1. The Hall–Kier alpha value is -3.26. The Balaban J connectivity index is 1.61. The van der Waals surface area contributed by atoms with Crippen LogP contribution < -0.4 is 14.9 Å². The van der Waals surface area contributed by atoms with Crippen LogP contribution in [0.25, 0.3) is 11.3 Å². The van der Waals surface area contributed by atoms with Crippen molar-refractivity contribution in [3.8, 4) is 17.0 Å². The number of nitrogens with zero attached hydrogens (tertiary/aromatic N) is 4. The highest BCUT2D eigenvalue weighted by molar-refractivity contribution is 7.07. The van der Waals surface area contributed by atoms with Crippen molar-refractivity contribution < 1.29 is 9.53 Å². The lowest BCUT2D eigenvalue weighted by atomic mass is 9.96. The van der Waals surface area contributed by atoms with E-state index < -0.39 is 0 Å². The second kappa shape index (κ2) is 9.08. The summed E-state index contributed by atoms with van der Waals surface area (Å²) in [6, 6.07) is 10.1. The molecule has 1 saturated carbocycles. The Morgan fingerprint density at radius 1 is 1.25 bits per heavy atom. The van der Waals surface area contributed by atoms with Gasteiger partial charge < -0.3 is 10.1 Å². The summed E-state index contributed by atoms with van der Waals surface area (Å²) >= 11 is 1.59. The maximum Gasteiger partial charge on any atom is 0.262 e. The summed E-state index contributed by atoms with van der Waals surface area (Å²) in [6.45, 7) is 2.03.